The number of primary amides is 1. The van der Waals surface area contributed by atoms with Crippen molar-refractivity contribution in [2.75, 3.05) is 0 Å². The van der Waals surface area contributed by atoms with Gasteiger partial charge in [-0.25, -0.2) is 0 Å². The van der Waals surface area contributed by atoms with Crippen molar-refractivity contribution in [3.8, 4) is 0 Å². The highest BCUT2D eigenvalue weighted by molar-refractivity contribution is 7.24. The Morgan fingerprint density at radius 3 is 2.60 bits per heavy atom. The third kappa shape index (κ3) is 2.21. The molecule has 0 aliphatic heterocycles. The molecular formula is C16H11NO2S. The van der Waals surface area contributed by atoms with Crippen LogP contribution in [-0.2, 0) is 4.79 Å². The van der Waals surface area contributed by atoms with Gasteiger partial charge in [-0.05, 0) is 35.9 Å². The highest BCUT2D eigenvalue weighted by Gasteiger charge is 2.05. The number of carbonyl (C=O) groups excluding carboxylic acids is 1. The summed E-state index contributed by atoms with van der Waals surface area (Å²) in [7, 11) is 0. The van der Waals surface area contributed by atoms with Crippen LogP contribution in [0.25, 0.3) is 26.2 Å². The third-order valence-corrected chi connectivity index (χ3v) is 4.19. The molecule has 0 saturated carbocycles. The monoisotopic (exact) mass is 281 g/mol. The van der Waals surface area contributed by atoms with E-state index >= 15 is 0 Å². The van der Waals surface area contributed by atoms with Crippen molar-refractivity contribution < 1.29 is 4.79 Å². The molecule has 1 heterocycles. The number of nitrogens with two attached hydrogens (primary N) is 1. The van der Waals surface area contributed by atoms with Crippen LogP contribution in [0.5, 0.6) is 0 Å². The van der Waals surface area contributed by atoms with Crippen LogP contribution in [0.2, 0.25) is 0 Å². The lowest BCUT2D eigenvalue weighted by Gasteiger charge is -2.01. The first kappa shape index (κ1) is 12.6. The lowest BCUT2D eigenvalue weighted by atomic mass is 10.1. The van der Waals surface area contributed by atoms with Crippen LogP contribution >= 0.6 is 11.3 Å². The molecule has 0 unspecified atom stereocenters. The largest absolute Gasteiger partial charge is 0.366 e. The van der Waals surface area contributed by atoms with Crippen LogP contribution in [0, 0.1) is 0 Å². The molecule has 0 spiro atoms. The molecule has 0 bridgehead atoms. The summed E-state index contributed by atoms with van der Waals surface area (Å²) in [5.74, 6) is -0.506. The molecule has 4 heteroatoms. The highest BCUT2D eigenvalue weighted by Crippen LogP contribution is 2.25. The normalized spacial score (nSPS) is 11.4. The number of hydrogen-bond donors (Lipinski definition) is 1. The van der Waals surface area contributed by atoms with Crippen LogP contribution in [-0.4, -0.2) is 5.91 Å². The smallest absolute Gasteiger partial charge is 0.241 e. The van der Waals surface area contributed by atoms with E-state index in [4.69, 9.17) is 5.73 Å². The molecule has 0 saturated heterocycles. The number of fused-ring (bicyclic) bond motifs is 2. The van der Waals surface area contributed by atoms with Gasteiger partial charge in [0, 0.05) is 26.2 Å². The van der Waals surface area contributed by atoms with Crippen LogP contribution in [0.1, 0.15) is 5.56 Å². The molecule has 1 amide bonds. The van der Waals surface area contributed by atoms with E-state index < -0.39 is 5.91 Å². The predicted molar refractivity (Wildman–Crippen MR) is 83.8 cm³/mol. The maximum absolute atomic E-state index is 12.5. The van der Waals surface area contributed by atoms with E-state index in [-0.39, 0.29) is 5.43 Å². The second-order valence-electron chi connectivity index (χ2n) is 4.42. The fourth-order valence-corrected chi connectivity index (χ4v) is 3.15. The average Bonchev–Trinajstić information content (AvgIpc) is 2.46. The summed E-state index contributed by atoms with van der Waals surface area (Å²) in [6.45, 7) is 0. The van der Waals surface area contributed by atoms with Crippen molar-refractivity contribution >= 4 is 43.5 Å². The molecule has 20 heavy (non-hydrogen) atoms. The molecule has 0 radical (unpaired) electrons. The Bertz CT molecular complexity index is 909. The summed E-state index contributed by atoms with van der Waals surface area (Å²) in [6, 6.07) is 13.1. The molecule has 0 atom stereocenters. The molecule has 3 aromatic rings. The van der Waals surface area contributed by atoms with E-state index in [1.165, 1.54) is 6.08 Å². The molecular weight excluding hydrogens is 270 g/mol. The first-order valence-corrected chi connectivity index (χ1v) is 6.90. The van der Waals surface area contributed by atoms with Crippen molar-refractivity contribution in [2.45, 2.75) is 0 Å². The first-order valence-electron chi connectivity index (χ1n) is 6.08. The van der Waals surface area contributed by atoms with Crippen molar-refractivity contribution in [3.05, 3.63) is 64.3 Å². The second-order valence-corrected chi connectivity index (χ2v) is 5.50. The Hall–Kier alpha value is -2.46. The van der Waals surface area contributed by atoms with Crippen LogP contribution < -0.4 is 11.2 Å². The quantitative estimate of drug-likeness (QED) is 0.580. The van der Waals surface area contributed by atoms with Gasteiger partial charge in [0.2, 0.25) is 5.91 Å². The van der Waals surface area contributed by atoms with Crippen molar-refractivity contribution in [1.82, 2.24) is 0 Å². The van der Waals surface area contributed by atoms with Crippen LogP contribution in [0.3, 0.4) is 0 Å². The SMILES string of the molecule is NC(=O)C=Cc1ccc2sc3ccccc3c(=O)c2c1. The van der Waals surface area contributed by atoms with Gasteiger partial charge in [-0.3, -0.25) is 9.59 Å². The Labute approximate surface area is 119 Å². The minimum absolute atomic E-state index is 0.0173. The van der Waals surface area contributed by atoms with Crippen molar-refractivity contribution in [1.29, 1.82) is 0 Å². The molecule has 98 valence electrons. The fourth-order valence-electron chi connectivity index (χ4n) is 2.10. The topological polar surface area (TPSA) is 60.2 Å². The summed E-state index contributed by atoms with van der Waals surface area (Å²) >= 11 is 1.58. The van der Waals surface area contributed by atoms with E-state index in [0.29, 0.717) is 5.39 Å². The molecule has 1 aromatic heterocycles. The van der Waals surface area contributed by atoms with Crippen LogP contribution in [0.4, 0.5) is 0 Å². The maximum atomic E-state index is 12.5. The zero-order valence-corrected chi connectivity index (χ0v) is 11.3. The van der Waals surface area contributed by atoms with Crippen molar-refractivity contribution in [3.63, 3.8) is 0 Å². The predicted octanol–water partition coefficient (Wildman–Crippen LogP) is 2.91. The number of rotatable bonds is 2. The van der Waals surface area contributed by atoms with Gasteiger partial charge in [0.15, 0.2) is 5.43 Å². The average molecular weight is 281 g/mol. The maximum Gasteiger partial charge on any atom is 0.241 e. The van der Waals surface area contributed by atoms with Gasteiger partial charge in [0.05, 0.1) is 0 Å². The fraction of sp³-hybridized carbons (Fsp3) is 0. The van der Waals surface area contributed by atoms with Crippen molar-refractivity contribution in [2.24, 2.45) is 5.73 Å². The summed E-state index contributed by atoms with van der Waals surface area (Å²) in [5.41, 5.74) is 5.88. The van der Waals surface area contributed by atoms with E-state index in [0.717, 1.165) is 20.3 Å². The summed E-state index contributed by atoms with van der Waals surface area (Å²) in [4.78, 5) is 23.2. The molecule has 3 nitrogen and oxygen atoms in total. The molecule has 2 N–H and O–H groups in total. The van der Waals surface area contributed by atoms with Gasteiger partial charge in [-0.15, -0.1) is 11.3 Å². The Balaban J connectivity index is 2.28. The lowest BCUT2D eigenvalue weighted by Crippen LogP contribution is -2.05. The number of amides is 1. The van der Waals surface area contributed by atoms with E-state index in [1.807, 2.05) is 36.4 Å². The summed E-state index contributed by atoms with van der Waals surface area (Å²) < 4.78 is 1.91. The zero-order chi connectivity index (χ0) is 14.1. The van der Waals surface area contributed by atoms with E-state index in [2.05, 4.69) is 0 Å². The second kappa shape index (κ2) is 4.90. The Morgan fingerprint density at radius 2 is 1.80 bits per heavy atom. The van der Waals surface area contributed by atoms with Gasteiger partial charge >= 0.3 is 0 Å². The molecule has 0 aliphatic rings. The first-order chi connectivity index (χ1) is 9.65. The van der Waals surface area contributed by atoms with Gasteiger partial charge in [-0.1, -0.05) is 18.2 Å². The molecule has 0 fully saturated rings. The summed E-state index contributed by atoms with van der Waals surface area (Å²) in [5, 5.41) is 1.39. The lowest BCUT2D eigenvalue weighted by molar-refractivity contribution is -0.113. The van der Waals surface area contributed by atoms with Crippen LogP contribution in [0.15, 0.2) is 53.3 Å². The standard InChI is InChI=1S/C16H11NO2S/c17-15(18)8-6-10-5-7-14-12(9-10)16(19)11-3-1-2-4-13(11)20-14/h1-9H,(H2,17,18). The minimum Gasteiger partial charge on any atom is -0.366 e. The number of hydrogen-bond acceptors (Lipinski definition) is 3. The zero-order valence-electron chi connectivity index (χ0n) is 10.5. The molecule has 3 rings (SSSR count). The number of carbonyl (C=O) groups is 1. The van der Waals surface area contributed by atoms with E-state index in [1.54, 1.807) is 23.5 Å². The molecule has 0 aliphatic carbocycles. The summed E-state index contributed by atoms with van der Waals surface area (Å²) in [6.07, 6.45) is 2.90. The van der Waals surface area contributed by atoms with Gasteiger partial charge < -0.3 is 5.73 Å². The molecule has 2 aromatic carbocycles. The van der Waals surface area contributed by atoms with Gasteiger partial charge in [-0.2, -0.15) is 0 Å². The highest BCUT2D eigenvalue weighted by atomic mass is 32.1. The van der Waals surface area contributed by atoms with E-state index in [9.17, 15) is 9.59 Å². The van der Waals surface area contributed by atoms with Gasteiger partial charge in [0.1, 0.15) is 0 Å². The Kier molecular flexibility index (Phi) is 3.08. The van der Waals surface area contributed by atoms with Gasteiger partial charge in [0.25, 0.3) is 0 Å². The number of benzene rings is 2. The Morgan fingerprint density at radius 1 is 1.05 bits per heavy atom. The third-order valence-electron chi connectivity index (χ3n) is 3.04. The minimum atomic E-state index is -0.506.